The van der Waals surface area contributed by atoms with Gasteiger partial charge in [-0.3, -0.25) is 4.79 Å². The highest BCUT2D eigenvalue weighted by Crippen LogP contribution is 2.23. The highest BCUT2D eigenvalue weighted by Gasteiger charge is 2.00. The van der Waals surface area contributed by atoms with E-state index < -0.39 is 0 Å². The molecule has 0 unspecified atom stereocenters. The molecule has 1 heterocycles. The second-order valence-electron chi connectivity index (χ2n) is 4.22. The lowest BCUT2D eigenvalue weighted by atomic mass is 10.2. The maximum absolute atomic E-state index is 11.7. The third kappa shape index (κ3) is 4.08. The fourth-order valence-electron chi connectivity index (χ4n) is 1.50. The lowest BCUT2D eigenvalue weighted by Gasteiger charge is -2.01. The second-order valence-corrected chi connectivity index (χ2v) is 5.03. The summed E-state index contributed by atoms with van der Waals surface area (Å²) in [5.74, 6) is 0.256. The van der Waals surface area contributed by atoms with Crippen molar-refractivity contribution < 1.29 is 4.79 Å². The van der Waals surface area contributed by atoms with Gasteiger partial charge in [-0.05, 0) is 42.3 Å². The molecule has 0 atom stereocenters. The summed E-state index contributed by atoms with van der Waals surface area (Å²) < 4.78 is 0. The van der Waals surface area contributed by atoms with E-state index in [1.54, 1.807) is 36.5 Å². The molecule has 0 bridgehead atoms. The van der Waals surface area contributed by atoms with Gasteiger partial charge >= 0.3 is 0 Å². The van der Waals surface area contributed by atoms with E-state index in [0.29, 0.717) is 15.9 Å². The maximum Gasteiger partial charge on any atom is 0.249 e. The predicted octanol–water partition coefficient (Wildman–Crippen LogP) is 4.35. The molecule has 2 rings (SSSR count). The van der Waals surface area contributed by atoms with Gasteiger partial charge in [-0.25, -0.2) is 4.98 Å². The van der Waals surface area contributed by atoms with Gasteiger partial charge in [0.05, 0.1) is 10.0 Å². The van der Waals surface area contributed by atoms with Crippen LogP contribution < -0.4 is 5.32 Å². The molecule has 0 aliphatic carbocycles. The van der Waals surface area contributed by atoms with Gasteiger partial charge in [0.15, 0.2) is 0 Å². The van der Waals surface area contributed by atoms with Crippen molar-refractivity contribution in [2.24, 2.45) is 0 Å². The number of aryl methyl sites for hydroxylation is 1. The molecule has 102 valence electrons. The third-order valence-electron chi connectivity index (χ3n) is 2.53. The molecule has 0 saturated heterocycles. The Morgan fingerprint density at radius 1 is 1.20 bits per heavy atom. The van der Waals surface area contributed by atoms with Gasteiger partial charge in [0.25, 0.3) is 0 Å². The Balaban J connectivity index is 2.01. The van der Waals surface area contributed by atoms with Crippen molar-refractivity contribution in [1.82, 2.24) is 4.98 Å². The van der Waals surface area contributed by atoms with E-state index in [-0.39, 0.29) is 5.91 Å². The third-order valence-corrected chi connectivity index (χ3v) is 3.27. The van der Waals surface area contributed by atoms with Crippen LogP contribution in [0.3, 0.4) is 0 Å². The van der Waals surface area contributed by atoms with Crippen molar-refractivity contribution in [1.29, 1.82) is 0 Å². The maximum atomic E-state index is 11.7. The molecule has 5 heteroatoms. The predicted molar refractivity (Wildman–Crippen MR) is 83.1 cm³/mol. The number of hydrogen-bond donors (Lipinski definition) is 1. The van der Waals surface area contributed by atoms with E-state index in [1.165, 1.54) is 6.08 Å². The standard InChI is InChI=1S/C15H12Cl2N2O/c1-10-2-6-14(18-9-10)19-15(20)7-4-11-3-5-12(16)13(17)8-11/h2-9H,1H3,(H,18,19,20). The van der Waals surface area contributed by atoms with Gasteiger partial charge in [-0.2, -0.15) is 0 Å². The number of hydrogen-bond acceptors (Lipinski definition) is 2. The Labute approximate surface area is 127 Å². The van der Waals surface area contributed by atoms with E-state index in [9.17, 15) is 4.79 Å². The van der Waals surface area contributed by atoms with Crippen LogP contribution in [-0.2, 0) is 4.79 Å². The van der Waals surface area contributed by atoms with E-state index in [1.807, 2.05) is 13.0 Å². The molecular weight excluding hydrogens is 295 g/mol. The van der Waals surface area contributed by atoms with Gasteiger partial charge in [0.2, 0.25) is 5.91 Å². The first-order chi connectivity index (χ1) is 9.54. The van der Waals surface area contributed by atoms with Crippen LogP contribution in [-0.4, -0.2) is 10.9 Å². The molecule has 0 spiro atoms. The second kappa shape index (κ2) is 6.55. The van der Waals surface area contributed by atoms with Crippen LogP contribution >= 0.6 is 23.2 Å². The lowest BCUT2D eigenvalue weighted by molar-refractivity contribution is -0.111. The number of amides is 1. The van der Waals surface area contributed by atoms with Gasteiger partial charge in [-0.1, -0.05) is 35.3 Å². The number of anilines is 1. The molecule has 1 aromatic carbocycles. The number of benzene rings is 1. The lowest BCUT2D eigenvalue weighted by Crippen LogP contribution is -2.08. The molecule has 1 aromatic heterocycles. The van der Waals surface area contributed by atoms with Crippen molar-refractivity contribution in [2.75, 3.05) is 5.32 Å². The van der Waals surface area contributed by atoms with Gasteiger partial charge in [-0.15, -0.1) is 0 Å². The first-order valence-electron chi connectivity index (χ1n) is 5.91. The molecule has 0 fully saturated rings. The fourth-order valence-corrected chi connectivity index (χ4v) is 1.80. The molecule has 3 nitrogen and oxygen atoms in total. The average Bonchev–Trinajstić information content (AvgIpc) is 2.43. The van der Waals surface area contributed by atoms with Gasteiger partial charge < -0.3 is 5.32 Å². The molecule has 0 radical (unpaired) electrons. The minimum atomic E-state index is -0.257. The SMILES string of the molecule is Cc1ccc(NC(=O)C=Cc2ccc(Cl)c(Cl)c2)nc1. The summed E-state index contributed by atoms with van der Waals surface area (Å²) in [7, 11) is 0. The summed E-state index contributed by atoms with van der Waals surface area (Å²) >= 11 is 11.7. The quantitative estimate of drug-likeness (QED) is 0.857. The number of nitrogens with zero attached hydrogens (tertiary/aromatic N) is 1. The monoisotopic (exact) mass is 306 g/mol. The Morgan fingerprint density at radius 2 is 2.00 bits per heavy atom. The van der Waals surface area contributed by atoms with Crippen LogP contribution in [0.15, 0.2) is 42.6 Å². The number of carbonyl (C=O) groups excluding carboxylic acids is 1. The van der Waals surface area contributed by atoms with E-state index in [4.69, 9.17) is 23.2 Å². The minimum Gasteiger partial charge on any atom is -0.307 e. The normalized spacial score (nSPS) is 10.8. The number of nitrogens with one attached hydrogen (secondary N) is 1. The number of carbonyl (C=O) groups is 1. The molecule has 20 heavy (non-hydrogen) atoms. The molecule has 2 aromatic rings. The Bertz CT molecular complexity index is 651. The summed E-state index contributed by atoms with van der Waals surface area (Å²) in [6.07, 6.45) is 4.77. The van der Waals surface area contributed by atoms with Crippen molar-refractivity contribution in [3.05, 3.63) is 63.8 Å². The molecule has 1 N–H and O–H groups in total. The topological polar surface area (TPSA) is 42.0 Å². The molecule has 0 saturated carbocycles. The van der Waals surface area contributed by atoms with Gasteiger partial charge in [0, 0.05) is 12.3 Å². The Kier molecular flexibility index (Phi) is 4.77. The highest BCUT2D eigenvalue weighted by atomic mass is 35.5. The summed E-state index contributed by atoms with van der Waals surface area (Å²) in [6.45, 7) is 1.93. The molecule has 1 amide bonds. The van der Waals surface area contributed by atoms with Gasteiger partial charge in [0.1, 0.15) is 5.82 Å². The van der Waals surface area contributed by atoms with Crippen LogP contribution in [0.25, 0.3) is 6.08 Å². The number of aromatic nitrogens is 1. The van der Waals surface area contributed by atoms with Crippen LogP contribution in [0.2, 0.25) is 10.0 Å². The van der Waals surface area contributed by atoms with Crippen LogP contribution in [0, 0.1) is 6.92 Å². The van der Waals surface area contributed by atoms with E-state index >= 15 is 0 Å². The summed E-state index contributed by atoms with van der Waals surface area (Å²) in [5, 5.41) is 3.61. The van der Waals surface area contributed by atoms with E-state index in [0.717, 1.165) is 11.1 Å². The number of rotatable bonds is 3. The zero-order valence-corrected chi connectivity index (χ0v) is 12.2. The fraction of sp³-hybridized carbons (Fsp3) is 0.0667. The molecule has 0 aliphatic rings. The van der Waals surface area contributed by atoms with Crippen LogP contribution in [0.1, 0.15) is 11.1 Å². The highest BCUT2D eigenvalue weighted by molar-refractivity contribution is 6.42. The largest absolute Gasteiger partial charge is 0.307 e. The first kappa shape index (κ1) is 14.6. The Hall–Kier alpha value is -1.84. The Morgan fingerprint density at radius 3 is 2.65 bits per heavy atom. The average molecular weight is 307 g/mol. The van der Waals surface area contributed by atoms with Crippen LogP contribution in [0.5, 0.6) is 0 Å². The van der Waals surface area contributed by atoms with E-state index in [2.05, 4.69) is 10.3 Å². The zero-order chi connectivity index (χ0) is 14.5. The zero-order valence-electron chi connectivity index (χ0n) is 10.7. The number of halogens is 2. The van der Waals surface area contributed by atoms with Crippen molar-refractivity contribution in [2.45, 2.75) is 6.92 Å². The summed E-state index contributed by atoms with van der Waals surface area (Å²) in [4.78, 5) is 15.8. The van der Waals surface area contributed by atoms with Crippen molar-refractivity contribution in [3.8, 4) is 0 Å². The molecular formula is C15H12Cl2N2O. The molecule has 0 aliphatic heterocycles. The van der Waals surface area contributed by atoms with Crippen molar-refractivity contribution in [3.63, 3.8) is 0 Å². The van der Waals surface area contributed by atoms with Crippen molar-refractivity contribution >= 4 is 41.0 Å². The minimum absolute atomic E-state index is 0.257. The number of pyridine rings is 1. The smallest absolute Gasteiger partial charge is 0.249 e. The first-order valence-corrected chi connectivity index (χ1v) is 6.67. The summed E-state index contributed by atoms with van der Waals surface area (Å²) in [5.41, 5.74) is 1.83. The van der Waals surface area contributed by atoms with Crippen LogP contribution in [0.4, 0.5) is 5.82 Å². The summed E-state index contributed by atoms with van der Waals surface area (Å²) in [6, 6.07) is 8.79.